The Kier molecular flexibility index (Phi) is 6.53. The van der Waals surface area contributed by atoms with Gasteiger partial charge in [-0.15, -0.1) is 0 Å². The van der Waals surface area contributed by atoms with E-state index in [2.05, 4.69) is 21.1 Å². The van der Waals surface area contributed by atoms with Crippen LogP contribution in [0.5, 0.6) is 5.75 Å². The molecule has 1 aliphatic heterocycles. The fraction of sp³-hybridized carbons (Fsp3) is 0.100. The molecule has 0 saturated heterocycles. The largest absolute Gasteiger partial charge is 0.465 e. The molecule has 1 heterocycles. The van der Waals surface area contributed by atoms with Crippen molar-refractivity contribution in [3.63, 3.8) is 0 Å². The highest BCUT2D eigenvalue weighted by Crippen LogP contribution is 2.24. The van der Waals surface area contributed by atoms with Gasteiger partial charge in [-0.1, -0.05) is 6.07 Å². The molecule has 32 heavy (non-hydrogen) atoms. The minimum absolute atomic E-state index is 0.0196. The van der Waals surface area contributed by atoms with Gasteiger partial charge >= 0.3 is 0 Å². The van der Waals surface area contributed by atoms with Crippen LogP contribution in [0.25, 0.3) is 0 Å². The summed E-state index contributed by atoms with van der Waals surface area (Å²) in [6.45, 7) is 1.29. The number of rotatable bonds is 7. The second-order valence-corrected chi connectivity index (χ2v) is 6.40. The Bertz CT molecular complexity index is 1160. The fourth-order valence-electron chi connectivity index (χ4n) is 2.61. The van der Waals surface area contributed by atoms with E-state index in [9.17, 15) is 24.1 Å². The molecule has 164 valence electrons. The molecule has 3 rings (SSSR count). The molecule has 11 nitrogen and oxygen atoms in total. The number of halogens is 1. The van der Waals surface area contributed by atoms with E-state index in [1.807, 2.05) is 0 Å². The molecule has 12 heteroatoms. The van der Waals surface area contributed by atoms with Gasteiger partial charge in [0.25, 0.3) is 11.6 Å². The van der Waals surface area contributed by atoms with Gasteiger partial charge in [0.1, 0.15) is 11.6 Å². The maximum absolute atomic E-state index is 14.6. The SMILES string of the molecule is CC(=O)C1=NNC(c2c(F)cccc2N(C)C(=O)/C=C/Oc2ccc([N+](=O)[O-])cc2)=NN1. The predicted octanol–water partition coefficient (Wildman–Crippen LogP) is 2.05. The second-order valence-electron chi connectivity index (χ2n) is 6.40. The highest BCUT2D eigenvalue weighted by molar-refractivity contribution is 6.38. The van der Waals surface area contributed by atoms with Crippen LogP contribution in [-0.2, 0) is 9.59 Å². The number of ether oxygens (including phenoxy) is 1. The predicted molar refractivity (Wildman–Crippen MR) is 114 cm³/mol. The number of carbonyl (C=O) groups is 2. The molecular formula is C20H17FN6O5. The van der Waals surface area contributed by atoms with Crippen molar-refractivity contribution in [1.29, 1.82) is 0 Å². The number of hydrazone groups is 2. The summed E-state index contributed by atoms with van der Waals surface area (Å²) in [5.41, 5.74) is 4.99. The highest BCUT2D eigenvalue weighted by atomic mass is 19.1. The van der Waals surface area contributed by atoms with E-state index in [-0.39, 0.29) is 34.4 Å². The summed E-state index contributed by atoms with van der Waals surface area (Å²) in [5, 5.41) is 18.4. The summed E-state index contributed by atoms with van der Waals surface area (Å²) in [6.07, 6.45) is 2.22. The zero-order valence-electron chi connectivity index (χ0n) is 16.9. The van der Waals surface area contributed by atoms with Gasteiger partial charge in [0, 0.05) is 32.2 Å². The molecule has 0 aromatic heterocycles. The highest BCUT2D eigenvalue weighted by Gasteiger charge is 2.22. The molecule has 2 aromatic rings. The topological polar surface area (TPSA) is 139 Å². The summed E-state index contributed by atoms with van der Waals surface area (Å²) in [6, 6.07) is 9.43. The zero-order valence-corrected chi connectivity index (χ0v) is 16.9. The number of carbonyl (C=O) groups excluding carboxylic acids is 2. The Morgan fingerprint density at radius 2 is 1.88 bits per heavy atom. The van der Waals surface area contributed by atoms with Crippen molar-refractivity contribution in [2.45, 2.75) is 6.92 Å². The summed E-state index contributed by atoms with van der Waals surface area (Å²) in [4.78, 5) is 35.2. The van der Waals surface area contributed by atoms with Crippen molar-refractivity contribution in [2.24, 2.45) is 10.2 Å². The van der Waals surface area contributed by atoms with Crippen molar-refractivity contribution in [2.75, 3.05) is 11.9 Å². The second kappa shape index (κ2) is 9.47. The number of hydrogen-bond donors (Lipinski definition) is 2. The lowest BCUT2D eigenvalue weighted by atomic mass is 10.1. The number of ketones is 1. The van der Waals surface area contributed by atoms with Gasteiger partial charge in [-0.3, -0.25) is 30.6 Å². The van der Waals surface area contributed by atoms with Crippen LogP contribution in [0.15, 0.2) is 65.0 Å². The molecule has 0 aliphatic carbocycles. The number of non-ortho nitro benzene ring substituents is 1. The van der Waals surface area contributed by atoms with Gasteiger partial charge < -0.3 is 9.64 Å². The number of nitrogens with zero attached hydrogens (tertiary/aromatic N) is 4. The van der Waals surface area contributed by atoms with Crippen LogP contribution in [0.2, 0.25) is 0 Å². The first-order chi connectivity index (χ1) is 15.3. The Labute approximate surface area is 181 Å². The van der Waals surface area contributed by atoms with Gasteiger partial charge in [-0.25, -0.2) is 4.39 Å². The third-order valence-electron chi connectivity index (χ3n) is 4.26. The van der Waals surface area contributed by atoms with Crippen molar-refractivity contribution >= 4 is 34.7 Å². The average Bonchev–Trinajstić information content (AvgIpc) is 2.78. The number of nitro groups is 1. The minimum Gasteiger partial charge on any atom is -0.465 e. The number of hydrogen-bond acceptors (Lipinski definition) is 9. The lowest BCUT2D eigenvalue weighted by Crippen LogP contribution is -2.38. The maximum atomic E-state index is 14.6. The number of nitro benzene ring substituents is 1. The smallest absolute Gasteiger partial charge is 0.269 e. The number of nitrogens with one attached hydrogen (secondary N) is 2. The summed E-state index contributed by atoms with van der Waals surface area (Å²) in [5.74, 6) is -1.34. The first-order valence-electron chi connectivity index (χ1n) is 9.10. The van der Waals surface area contributed by atoms with Gasteiger partial charge in [-0.05, 0) is 24.3 Å². The standard InChI is InChI=1S/C20H17FN6O5/c1-12(28)19-22-24-20(25-23-19)18-15(21)4-3-5-16(18)26(2)17(29)10-11-32-14-8-6-13(7-9-14)27(30)31/h3-11H,1-2H3,(H,22,23)(H,24,25)/b11-10+. The Morgan fingerprint density at radius 3 is 2.47 bits per heavy atom. The van der Waals surface area contributed by atoms with Crippen LogP contribution in [-0.4, -0.2) is 35.3 Å². The van der Waals surface area contributed by atoms with Crippen molar-refractivity contribution in [3.05, 3.63) is 76.3 Å². The normalized spacial score (nSPS) is 12.8. The first-order valence-corrected chi connectivity index (χ1v) is 9.10. The summed E-state index contributed by atoms with van der Waals surface area (Å²) < 4.78 is 19.9. The van der Waals surface area contributed by atoms with Crippen LogP contribution in [0.4, 0.5) is 15.8 Å². The molecule has 0 spiro atoms. The summed E-state index contributed by atoms with van der Waals surface area (Å²) >= 11 is 0. The van der Waals surface area contributed by atoms with Crippen LogP contribution >= 0.6 is 0 Å². The van der Waals surface area contributed by atoms with Crippen molar-refractivity contribution in [3.8, 4) is 5.75 Å². The van der Waals surface area contributed by atoms with E-state index in [0.29, 0.717) is 5.75 Å². The molecule has 1 aliphatic rings. The van der Waals surface area contributed by atoms with E-state index in [4.69, 9.17) is 4.74 Å². The Morgan fingerprint density at radius 1 is 1.16 bits per heavy atom. The number of amides is 1. The molecular weight excluding hydrogens is 423 g/mol. The summed E-state index contributed by atoms with van der Waals surface area (Å²) in [7, 11) is 1.43. The van der Waals surface area contributed by atoms with Crippen LogP contribution < -0.4 is 20.5 Å². The quantitative estimate of drug-likeness (QED) is 0.291. The van der Waals surface area contributed by atoms with Crippen LogP contribution in [0.1, 0.15) is 12.5 Å². The molecule has 0 unspecified atom stereocenters. The van der Waals surface area contributed by atoms with Gasteiger partial charge in [0.2, 0.25) is 5.84 Å². The first kappa shape index (κ1) is 22.1. The molecule has 0 atom stereocenters. The number of Topliss-reactive ketones (excluding diaryl/α,β-unsaturated/α-hetero) is 1. The molecule has 0 fully saturated rings. The van der Waals surface area contributed by atoms with Crippen LogP contribution in [0.3, 0.4) is 0 Å². The molecule has 0 bridgehead atoms. The number of likely N-dealkylation sites (N-methyl/N-ethyl adjacent to an activating group) is 1. The molecule has 0 saturated carbocycles. The molecule has 2 N–H and O–H groups in total. The van der Waals surface area contributed by atoms with E-state index < -0.39 is 16.6 Å². The third kappa shape index (κ3) is 4.92. The Balaban J connectivity index is 1.74. The fourth-order valence-corrected chi connectivity index (χ4v) is 2.61. The number of anilines is 1. The minimum atomic E-state index is -0.664. The monoisotopic (exact) mass is 440 g/mol. The van der Waals surface area contributed by atoms with Crippen LogP contribution in [0, 0.1) is 15.9 Å². The zero-order chi connectivity index (χ0) is 23.3. The maximum Gasteiger partial charge on any atom is 0.269 e. The lowest BCUT2D eigenvalue weighted by molar-refractivity contribution is -0.384. The molecule has 0 radical (unpaired) electrons. The number of amidine groups is 2. The third-order valence-corrected chi connectivity index (χ3v) is 4.26. The lowest BCUT2D eigenvalue weighted by Gasteiger charge is -2.21. The van der Waals surface area contributed by atoms with Gasteiger partial charge in [0.15, 0.2) is 11.6 Å². The molecule has 1 amide bonds. The van der Waals surface area contributed by atoms with Gasteiger partial charge in [-0.2, -0.15) is 10.2 Å². The van der Waals surface area contributed by atoms with Gasteiger partial charge in [0.05, 0.1) is 22.4 Å². The number of benzene rings is 2. The average molecular weight is 440 g/mol. The molecule has 2 aromatic carbocycles. The van der Waals surface area contributed by atoms with E-state index in [1.165, 1.54) is 61.3 Å². The Hall–Kier alpha value is -4.61. The van der Waals surface area contributed by atoms with E-state index >= 15 is 0 Å². The van der Waals surface area contributed by atoms with Crippen molar-refractivity contribution < 1.29 is 23.6 Å². The van der Waals surface area contributed by atoms with E-state index in [0.717, 1.165) is 12.3 Å². The van der Waals surface area contributed by atoms with E-state index in [1.54, 1.807) is 0 Å². The van der Waals surface area contributed by atoms with Crippen molar-refractivity contribution in [1.82, 2.24) is 10.9 Å².